The van der Waals surface area contributed by atoms with E-state index in [2.05, 4.69) is 5.32 Å². The molecule has 1 fully saturated rings. The lowest BCUT2D eigenvalue weighted by Gasteiger charge is -2.26. The summed E-state index contributed by atoms with van der Waals surface area (Å²) in [4.78, 5) is 0. The van der Waals surface area contributed by atoms with Crippen molar-refractivity contribution in [1.82, 2.24) is 5.32 Å². The molecule has 62 valence electrons. The molecule has 2 N–H and O–H groups in total. The Labute approximate surface area is 68.4 Å². The normalized spacial score (nSPS) is 33.0. The molecule has 1 aliphatic rings. The third kappa shape index (κ3) is 2.45. The van der Waals surface area contributed by atoms with Gasteiger partial charge in [-0.2, -0.15) is 0 Å². The number of halogens is 1. The number of aliphatic hydroxyl groups excluding tert-OH is 1. The molecule has 1 aliphatic carbocycles. The Morgan fingerprint density at radius 3 is 2.30 bits per heavy atom. The van der Waals surface area contributed by atoms with Gasteiger partial charge in [-0.25, -0.2) is 0 Å². The van der Waals surface area contributed by atoms with Crippen molar-refractivity contribution < 1.29 is 5.11 Å². The summed E-state index contributed by atoms with van der Waals surface area (Å²) >= 11 is 0. The number of aliphatic hydroxyl groups is 1. The van der Waals surface area contributed by atoms with Crippen molar-refractivity contribution in [1.29, 1.82) is 0 Å². The van der Waals surface area contributed by atoms with Crippen molar-refractivity contribution in [2.45, 2.75) is 37.8 Å². The van der Waals surface area contributed by atoms with E-state index in [1.807, 2.05) is 7.05 Å². The van der Waals surface area contributed by atoms with Crippen molar-refractivity contribution in [3.05, 3.63) is 0 Å². The number of hydrogen-bond donors (Lipinski definition) is 2. The van der Waals surface area contributed by atoms with E-state index >= 15 is 0 Å². The van der Waals surface area contributed by atoms with Gasteiger partial charge < -0.3 is 10.4 Å². The number of hydrogen-bond acceptors (Lipinski definition) is 2. The summed E-state index contributed by atoms with van der Waals surface area (Å²) in [6, 6.07) is 0.360. The Balaban J connectivity index is 0.000000810. The highest BCUT2D eigenvalue weighted by atomic mass is 35.5. The van der Waals surface area contributed by atoms with Gasteiger partial charge in [0.05, 0.1) is 6.10 Å². The average Bonchev–Trinajstić information content (AvgIpc) is 1.89. The lowest BCUT2D eigenvalue weighted by molar-refractivity contribution is 0.0948. The highest BCUT2D eigenvalue weighted by Crippen LogP contribution is 2.17. The van der Waals surface area contributed by atoms with Crippen LogP contribution in [0.25, 0.3) is 0 Å². The van der Waals surface area contributed by atoms with E-state index in [1.165, 1.54) is 12.8 Å². The average molecular weight is 166 g/mol. The molecule has 2 nitrogen and oxygen atoms in total. The van der Waals surface area contributed by atoms with E-state index in [4.69, 9.17) is 0 Å². The van der Waals surface area contributed by atoms with E-state index in [-0.39, 0.29) is 18.5 Å². The van der Waals surface area contributed by atoms with Gasteiger partial charge in [0.25, 0.3) is 0 Å². The van der Waals surface area contributed by atoms with Crippen LogP contribution in [0.2, 0.25) is 0 Å². The molecule has 0 unspecified atom stereocenters. The second-order valence-electron chi connectivity index (χ2n) is 2.75. The zero-order chi connectivity index (χ0) is 6.69. The second kappa shape index (κ2) is 4.94. The van der Waals surface area contributed by atoms with Crippen LogP contribution in [0, 0.1) is 0 Å². The molecule has 0 heterocycles. The second-order valence-corrected chi connectivity index (χ2v) is 2.75. The molecule has 3 heteroatoms. The molecule has 2 atom stereocenters. The summed E-state index contributed by atoms with van der Waals surface area (Å²) in [5, 5.41) is 12.4. The fourth-order valence-corrected chi connectivity index (χ4v) is 1.45. The maximum atomic E-state index is 9.31. The maximum Gasteiger partial charge on any atom is 0.0693 e. The third-order valence-electron chi connectivity index (χ3n) is 2.10. The van der Waals surface area contributed by atoms with Crippen molar-refractivity contribution in [2.24, 2.45) is 0 Å². The fourth-order valence-electron chi connectivity index (χ4n) is 1.45. The summed E-state index contributed by atoms with van der Waals surface area (Å²) < 4.78 is 0. The summed E-state index contributed by atoms with van der Waals surface area (Å²) in [7, 11) is 1.92. The predicted molar refractivity (Wildman–Crippen MR) is 44.6 cm³/mol. The van der Waals surface area contributed by atoms with Gasteiger partial charge in [-0.05, 0) is 19.9 Å². The summed E-state index contributed by atoms with van der Waals surface area (Å²) in [5.41, 5.74) is 0. The van der Waals surface area contributed by atoms with Crippen LogP contribution < -0.4 is 5.32 Å². The topological polar surface area (TPSA) is 32.3 Å². The van der Waals surface area contributed by atoms with Crippen molar-refractivity contribution in [3.63, 3.8) is 0 Å². The molecule has 0 bridgehead atoms. The first-order valence-electron chi connectivity index (χ1n) is 3.70. The van der Waals surface area contributed by atoms with Crippen molar-refractivity contribution in [2.75, 3.05) is 7.05 Å². The number of likely N-dealkylation sites (N-methyl/N-ethyl adjacent to an activating group) is 1. The Bertz CT molecular complexity index is 89.7. The van der Waals surface area contributed by atoms with Crippen LogP contribution in [-0.4, -0.2) is 24.3 Å². The smallest absolute Gasteiger partial charge is 0.0693 e. The van der Waals surface area contributed by atoms with Gasteiger partial charge in [-0.3, -0.25) is 0 Å². The minimum atomic E-state index is -0.0938. The van der Waals surface area contributed by atoms with Gasteiger partial charge in [0.1, 0.15) is 0 Å². The molecule has 0 spiro atoms. The van der Waals surface area contributed by atoms with Crippen LogP contribution in [0.1, 0.15) is 25.7 Å². The van der Waals surface area contributed by atoms with Gasteiger partial charge in [-0.1, -0.05) is 12.8 Å². The van der Waals surface area contributed by atoms with E-state index < -0.39 is 0 Å². The zero-order valence-electron chi connectivity index (χ0n) is 6.34. The van der Waals surface area contributed by atoms with Crippen LogP contribution in [0.15, 0.2) is 0 Å². The van der Waals surface area contributed by atoms with E-state index in [1.54, 1.807) is 0 Å². The minimum Gasteiger partial charge on any atom is -0.392 e. The van der Waals surface area contributed by atoms with Crippen LogP contribution in [0.3, 0.4) is 0 Å². The maximum absolute atomic E-state index is 9.31. The lowest BCUT2D eigenvalue weighted by Crippen LogP contribution is -2.39. The molecule has 0 amide bonds. The van der Waals surface area contributed by atoms with Gasteiger partial charge in [0.2, 0.25) is 0 Å². The Morgan fingerprint density at radius 2 is 1.90 bits per heavy atom. The van der Waals surface area contributed by atoms with E-state index in [9.17, 15) is 5.11 Å². The number of rotatable bonds is 1. The quantitative estimate of drug-likeness (QED) is 0.606. The van der Waals surface area contributed by atoms with Crippen LogP contribution in [-0.2, 0) is 0 Å². The molecule has 0 aromatic rings. The molecule has 1 rings (SSSR count). The van der Waals surface area contributed by atoms with Gasteiger partial charge in [-0.15, -0.1) is 12.4 Å². The predicted octanol–water partition coefficient (Wildman–Crippen LogP) is 0.931. The van der Waals surface area contributed by atoms with Crippen molar-refractivity contribution >= 4 is 12.4 Å². The standard InChI is InChI=1S/C7H15NO.ClH/c1-8-6-4-2-3-5-7(6)9;/h6-9H,2-5H2,1H3;1H/t6-,7+;/m0./s1. The van der Waals surface area contributed by atoms with Crippen molar-refractivity contribution in [3.8, 4) is 0 Å². The zero-order valence-corrected chi connectivity index (χ0v) is 7.16. The molecule has 0 saturated heterocycles. The van der Waals surface area contributed by atoms with Crippen LogP contribution in [0.4, 0.5) is 0 Å². The van der Waals surface area contributed by atoms with E-state index in [0.29, 0.717) is 6.04 Å². The van der Waals surface area contributed by atoms with Gasteiger partial charge in [0, 0.05) is 6.04 Å². The van der Waals surface area contributed by atoms with E-state index in [0.717, 1.165) is 12.8 Å². The first kappa shape index (κ1) is 10.2. The molecule has 0 aromatic heterocycles. The Hall–Kier alpha value is 0.210. The SMILES string of the molecule is CN[C@H]1CCCC[C@H]1O.Cl. The Morgan fingerprint density at radius 1 is 1.30 bits per heavy atom. The lowest BCUT2D eigenvalue weighted by atomic mass is 9.93. The van der Waals surface area contributed by atoms with Crippen LogP contribution in [0.5, 0.6) is 0 Å². The molecule has 0 aliphatic heterocycles. The fraction of sp³-hybridized carbons (Fsp3) is 1.00. The Kier molecular flexibility index (Phi) is 5.04. The molecular weight excluding hydrogens is 150 g/mol. The molecule has 10 heavy (non-hydrogen) atoms. The molecule has 0 aromatic carbocycles. The highest BCUT2D eigenvalue weighted by Gasteiger charge is 2.20. The van der Waals surface area contributed by atoms with Crippen LogP contribution >= 0.6 is 12.4 Å². The third-order valence-corrected chi connectivity index (χ3v) is 2.10. The molecule has 1 saturated carbocycles. The number of nitrogens with one attached hydrogen (secondary N) is 1. The largest absolute Gasteiger partial charge is 0.392 e. The molecule has 0 radical (unpaired) electrons. The first-order valence-corrected chi connectivity index (χ1v) is 3.70. The molecular formula is C7H16ClNO. The first-order chi connectivity index (χ1) is 4.34. The summed E-state index contributed by atoms with van der Waals surface area (Å²) in [6.07, 6.45) is 4.48. The summed E-state index contributed by atoms with van der Waals surface area (Å²) in [5.74, 6) is 0. The monoisotopic (exact) mass is 165 g/mol. The van der Waals surface area contributed by atoms with Gasteiger partial charge in [0.15, 0.2) is 0 Å². The highest BCUT2D eigenvalue weighted by molar-refractivity contribution is 5.85. The summed E-state index contributed by atoms with van der Waals surface area (Å²) in [6.45, 7) is 0. The van der Waals surface area contributed by atoms with Gasteiger partial charge >= 0.3 is 0 Å². The minimum absolute atomic E-state index is 0.